The molecule has 1 aromatic carbocycles. The maximum Gasteiger partial charge on any atom is 0.157 e. The van der Waals surface area contributed by atoms with Gasteiger partial charge in [0.25, 0.3) is 0 Å². The minimum absolute atomic E-state index is 0.175. The highest BCUT2D eigenvalue weighted by molar-refractivity contribution is 5.32. The third-order valence-corrected chi connectivity index (χ3v) is 4.60. The minimum atomic E-state index is 0.175. The van der Waals surface area contributed by atoms with Crippen LogP contribution < -0.4 is 5.32 Å². The van der Waals surface area contributed by atoms with E-state index in [0.717, 1.165) is 29.6 Å². The van der Waals surface area contributed by atoms with E-state index in [1.54, 1.807) is 0 Å². The molecule has 2 aromatic heterocycles. The molecule has 1 aliphatic rings. The van der Waals surface area contributed by atoms with Crippen LogP contribution in [-0.2, 0) is 11.3 Å². The van der Waals surface area contributed by atoms with Gasteiger partial charge >= 0.3 is 0 Å². The predicted octanol–water partition coefficient (Wildman–Crippen LogP) is 1.88. The van der Waals surface area contributed by atoms with E-state index in [1.165, 1.54) is 5.56 Å². The highest BCUT2D eigenvalue weighted by atomic mass is 16.5. The molecule has 0 amide bonds. The molecule has 1 fully saturated rings. The monoisotopic (exact) mass is 338 g/mol. The van der Waals surface area contributed by atoms with Crippen LogP contribution in [0.5, 0.6) is 0 Å². The Morgan fingerprint density at radius 2 is 2.08 bits per heavy atom. The molecule has 4 rings (SSSR count). The zero-order chi connectivity index (χ0) is 17.2. The highest BCUT2D eigenvalue weighted by Crippen LogP contribution is 2.23. The molecule has 25 heavy (non-hydrogen) atoms. The first kappa shape index (κ1) is 16.0. The largest absolute Gasteiger partial charge is 0.379 e. The Morgan fingerprint density at radius 3 is 2.84 bits per heavy atom. The lowest BCUT2D eigenvalue weighted by atomic mass is 10.0. The number of hydrogen-bond acceptors (Lipinski definition) is 5. The van der Waals surface area contributed by atoms with Crippen LogP contribution in [0.3, 0.4) is 0 Å². The van der Waals surface area contributed by atoms with E-state index in [2.05, 4.69) is 43.9 Å². The van der Waals surface area contributed by atoms with Gasteiger partial charge in [-0.15, -0.1) is 0 Å². The van der Waals surface area contributed by atoms with Gasteiger partial charge < -0.3 is 10.1 Å². The average molecular weight is 338 g/mol. The Hall–Kier alpha value is -2.51. The van der Waals surface area contributed by atoms with E-state index in [1.807, 2.05) is 36.7 Å². The summed E-state index contributed by atoms with van der Waals surface area (Å²) in [6, 6.07) is 10.3. The molecule has 3 heterocycles. The zero-order valence-corrected chi connectivity index (χ0v) is 14.4. The first-order valence-electron chi connectivity index (χ1n) is 8.51. The predicted molar refractivity (Wildman–Crippen MR) is 93.6 cm³/mol. The van der Waals surface area contributed by atoms with Gasteiger partial charge in [-0.25, -0.2) is 9.67 Å². The van der Waals surface area contributed by atoms with Crippen LogP contribution in [0.2, 0.25) is 0 Å². The van der Waals surface area contributed by atoms with Crippen molar-refractivity contribution in [1.82, 2.24) is 30.3 Å². The number of benzene rings is 1. The van der Waals surface area contributed by atoms with Gasteiger partial charge in [-0.1, -0.05) is 18.2 Å². The SMILES string of the molecule is Cc1nc([C@@H]2COC[C@@H]2NCc2cn(-c3ccccc3)nc2C)n[nH]1. The molecule has 2 N–H and O–H groups in total. The van der Waals surface area contributed by atoms with Crippen molar-refractivity contribution >= 4 is 0 Å². The fraction of sp³-hybridized carbons (Fsp3) is 0.389. The lowest BCUT2D eigenvalue weighted by Gasteiger charge is -2.16. The second-order valence-electron chi connectivity index (χ2n) is 6.43. The molecule has 7 heteroatoms. The standard InChI is InChI=1S/C18H22N6O/c1-12-14(9-24(23-12)15-6-4-3-5-7-15)8-19-17-11-25-10-16(17)18-20-13(2)21-22-18/h3-7,9,16-17,19H,8,10-11H2,1-2H3,(H,20,21,22)/t16-,17+/m1/s1. The normalized spacial score (nSPS) is 20.2. The van der Waals surface area contributed by atoms with Crippen molar-refractivity contribution in [3.05, 3.63) is 59.4 Å². The quantitative estimate of drug-likeness (QED) is 0.742. The average Bonchev–Trinajstić information content (AvgIpc) is 3.33. The van der Waals surface area contributed by atoms with Crippen molar-refractivity contribution in [1.29, 1.82) is 0 Å². The van der Waals surface area contributed by atoms with Gasteiger partial charge in [-0.2, -0.15) is 10.2 Å². The van der Waals surface area contributed by atoms with Crippen LogP contribution in [0.1, 0.15) is 28.8 Å². The highest BCUT2D eigenvalue weighted by Gasteiger charge is 2.32. The molecule has 2 atom stereocenters. The molecule has 3 aromatic rings. The first-order valence-corrected chi connectivity index (χ1v) is 8.51. The summed E-state index contributed by atoms with van der Waals surface area (Å²) < 4.78 is 7.57. The number of aryl methyl sites for hydroxylation is 2. The van der Waals surface area contributed by atoms with E-state index in [-0.39, 0.29) is 12.0 Å². The lowest BCUT2D eigenvalue weighted by Crippen LogP contribution is -2.34. The smallest absolute Gasteiger partial charge is 0.157 e. The number of hydrogen-bond donors (Lipinski definition) is 2. The second kappa shape index (κ2) is 6.78. The zero-order valence-electron chi connectivity index (χ0n) is 14.4. The van der Waals surface area contributed by atoms with Gasteiger partial charge in [0.05, 0.1) is 30.5 Å². The summed E-state index contributed by atoms with van der Waals surface area (Å²) in [4.78, 5) is 4.46. The Morgan fingerprint density at radius 1 is 1.24 bits per heavy atom. The third kappa shape index (κ3) is 3.33. The van der Waals surface area contributed by atoms with Gasteiger partial charge in [-0.3, -0.25) is 5.10 Å². The van der Waals surface area contributed by atoms with E-state index in [9.17, 15) is 0 Å². The van der Waals surface area contributed by atoms with E-state index in [4.69, 9.17) is 4.74 Å². The van der Waals surface area contributed by atoms with Crippen molar-refractivity contribution in [2.24, 2.45) is 0 Å². The van der Waals surface area contributed by atoms with Crippen molar-refractivity contribution in [3.8, 4) is 5.69 Å². The third-order valence-electron chi connectivity index (χ3n) is 4.60. The number of aromatic amines is 1. The van der Waals surface area contributed by atoms with Gasteiger partial charge in [0.15, 0.2) is 5.82 Å². The molecular weight excluding hydrogens is 316 g/mol. The van der Waals surface area contributed by atoms with Gasteiger partial charge in [-0.05, 0) is 26.0 Å². The van der Waals surface area contributed by atoms with Crippen LogP contribution in [0.15, 0.2) is 36.5 Å². The number of aromatic nitrogens is 5. The number of ether oxygens (including phenoxy) is 1. The number of nitrogens with one attached hydrogen (secondary N) is 2. The Labute approximate surface area is 146 Å². The van der Waals surface area contributed by atoms with Crippen LogP contribution in [0, 0.1) is 13.8 Å². The fourth-order valence-electron chi connectivity index (χ4n) is 3.16. The van der Waals surface area contributed by atoms with Crippen LogP contribution in [0.4, 0.5) is 0 Å². The molecule has 0 saturated carbocycles. The van der Waals surface area contributed by atoms with Gasteiger partial charge in [0.1, 0.15) is 5.82 Å². The summed E-state index contributed by atoms with van der Waals surface area (Å²) in [7, 11) is 0. The van der Waals surface area contributed by atoms with Gasteiger partial charge in [0.2, 0.25) is 0 Å². The number of rotatable bonds is 5. The Kier molecular flexibility index (Phi) is 4.33. The van der Waals surface area contributed by atoms with Crippen molar-refractivity contribution in [2.45, 2.75) is 32.4 Å². The molecular formula is C18H22N6O. The lowest BCUT2D eigenvalue weighted by molar-refractivity contribution is 0.187. The van der Waals surface area contributed by atoms with Crippen LogP contribution in [0.25, 0.3) is 5.69 Å². The number of nitrogens with zero attached hydrogens (tertiary/aromatic N) is 4. The second-order valence-corrected chi connectivity index (χ2v) is 6.43. The van der Waals surface area contributed by atoms with E-state index >= 15 is 0 Å². The van der Waals surface area contributed by atoms with Gasteiger partial charge in [0, 0.05) is 24.3 Å². The summed E-state index contributed by atoms with van der Waals surface area (Å²) in [6.45, 7) is 6.02. The van der Waals surface area contributed by atoms with Crippen molar-refractivity contribution < 1.29 is 4.74 Å². The molecule has 0 bridgehead atoms. The molecule has 0 unspecified atom stereocenters. The molecule has 0 spiro atoms. The fourth-order valence-corrected chi connectivity index (χ4v) is 3.16. The maximum absolute atomic E-state index is 5.65. The molecule has 1 aliphatic heterocycles. The van der Waals surface area contributed by atoms with Crippen molar-refractivity contribution in [2.75, 3.05) is 13.2 Å². The molecule has 7 nitrogen and oxygen atoms in total. The topological polar surface area (TPSA) is 80.7 Å². The number of H-pyrrole nitrogens is 1. The maximum atomic E-state index is 5.65. The molecule has 130 valence electrons. The summed E-state index contributed by atoms with van der Waals surface area (Å²) in [6.07, 6.45) is 2.08. The molecule has 0 radical (unpaired) electrons. The van der Waals surface area contributed by atoms with Crippen LogP contribution >= 0.6 is 0 Å². The van der Waals surface area contributed by atoms with E-state index < -0.39 is 0 Å². The summed E-state index contributed by atoms with van der Waals surface area (Å²) in [5.74, 6) is 1.83. The van der Waals surface area contributed by atoms with E-state index in [0.29, 0.717) is 13.2 Å². The Balaban J connectivity index is 1.45. The summed E-state index contributed by atoms with van der Waals surface area (Å²) in [5, 5.41) is 15.4. The summed E-state index contributed by atoms with van der Waals surface area (Å²) in [5.41, 5.74) is 3.27. The first-order chi connectivity index (χ1) is 12.2. The Bertz CT molecular complexity index is 840. The summed E-state index contributed by atoms with van der Waals surface area (Å²) >= 11 is 0. The minimum Gasteiger partial charge on any atom is -0.379 e. The van der Waals surface area contributed by atoms with Crippen molar-refractivity contribution in [3.63, 3.8) is 0 Å². The molecule has 1 saturated heterocycles. The number of para-hydroxylation sites is 1. The molecule has 0 aliphatic carbocycles. The van der Waals surface area contributed by atoms with Crippen LogP contribution in [-0.4, -0.2) is 44.2 Å².